The van der Waals surface area contributed by atoms with Gasteiger partial charge in [0.05, 0.1) is 16.9 Å². The van der Waals surface area contributed by atoms with Crippen molar-refractivity contribution in [2.45, 2.75) is 26.3 Å². The second-order valence-corrected chi connectivity index (χ2v) is 8.45. The molecular formula is C26H26FN5O2. The van der Waals surface area contributed by atoms with Crippen LogP contribution in [0.5, 0.6) is 0 Å². The van der Waals surface area contributed by atoms with E-state index in [1.807, 2.05) is 35.9 Å². The third-order valence-electron chi connectivity index (χ3n) is 6.13. The number of nitrogens with zero attached hydrogens (tertiary/aromatic N) is 5. The van der Waals surface area contributed by atoms with Crippen LogP contribution in [-0.2, 0) is 6.54 Å². The van der Waals surface area contributed by atoms with Crippen molar-refractivity contribution in [3.63, 3.8) is 0 Å². The van der Waals surface area contributed by atoms with Crippen molar-refractivity contribution in [1.82, 2.24) is 19.6 Å². The summed E-state index contributed by atoms with van der Waals surface area (Å²) in [5.41, 5.74) is 4.31. The average Bonchev–Trinajstić information content (AvgIpc) is 3.24. The first-order valence-electron chi connectivity index (χ1n) is 11.5. The lowest BCUT2D eigenvalue weighted by atomic mass is 10.0. The van der Waals surface area contributed by atoms with Crippen molar-refractivity contribution >= 4 is 5.82 Å². The largest absolute Gasteiger partial charge is 0.396 e. The number of aliphatic hydroxyl groups excluding tert-OH is 1. The molecule has 0 saturated carbocycles. The van der Waals surface area contributed by atoms with Gasteiger partial charge in [-0.25, -0.2) is 9.07 Å². The van der Waals surface area contributed by atoms with Gasteiger partial charge in [0.25, 0.3) is 5.56 Å². The summed E-state index contributed by atoms with van der Waals surface area (Å²) in [6.07, 6.45) is 1.56. The zero-order valence-corrected chi connectivity index (χ0v) is 19.0. The first-order chi connectivity index (χ1) is 16.6. The number of para-hydroxylation sites is 1. The topological polar surface area (TPSA) is 76.2 Å². The van der Waals surface area contributed by atoms with E-state index >= 15 is 0 Å². The first-order valence-corrected chi connectivity index (χ1v) is 11.5. The molecule has 0 amide bonds. The maximum atomic E-state index is 13.7. The van der Waals surface area contributed by atoms with Gasteiger partial charge in [-0.1, -0.05) is 18.2 Å². The monoisotopic (exact) mass is 459 g/mol. The van der Waals surface area contributed by atoms with Gasteiger partial charge in [-0.3, -0.25) is 4.79 Å². The lowest BCUT2D eigenvalue weighted by Gasteiger charge is -2.30. The summed E-state index contributed by atoms with van der Waals surface area (Å²) in [5, 5.41) is 19.1. The molecule has 1 N–H and O–H groups in total. The number of hydrogen-bond acceptors (Lipinski definition) is 5. The van der Waals surface area contributed by atoms with Crippen LogP contribution in [0.15, 0.2) is 65.5 Å². The van der Waals surface area contributed by atoms with Gasteiger partial charge in [-0.05, 0) is 61.7 Å². The molecule has 1 aliphatic heterocycles. The van der Waals surface area contributed by atoms with Gasteiger partial charge in [0.15, 0.2) is 0 Å². The SMILES string of the molecule is Cc1ccccc1-n1nc(-c2c(-c3ccc(F)cc3)nn3c2N(CCCO)CCC3)ccc1=O. The van der Waals surface area contributed by atoms with E-state index in [4.69, 9.17) is 10.2 Å². The van der Waals surface area contributed by atoms with Gasteiger partial charge in [0, 0.05) is 37.9 Å². The molecule has 0 aliphatic carbocycles. The predicted octanol–water partition coefficient (Wildman–Crippen LogP) is 3.80. The van der Waals surface area contributed by atoms with Crippen molar-refractivity contribution in [3.05, 3.63) is 82.4 Å². The molecule has 5 rings (SSSR count). The standard InChI is InChI=1S/C26H26FN5O2/c1-18-6-2-3-7-22(18)32-23(34)13-12-21(28-32)24-25(19-8-10-20(27)11-9-19)29-31-16-4-14-30(26(24)31)15-5-17-33/h2-3,6-13,33H,4-5,14-17H2,1H3. The van der Waals surface area contributed by atoms with Gasteiger partial charge in [-0.15, -0.1) is 0 Å². The number of halogens is 1. The first kappa shape index (κ1) is 22.0. The van der Waals surface area contributed by atoms with Gasteiger partial charge in [0.1, 0.15) is 17.3 Å². The second kappa shape index (κ2) is 9.23. The zero-order valence-electron chi connectivity index (χ0n) is 19.0. The molecule has 4 aromatic rings. The summed E-state index contributed by atoms with van der Waals surface area (Å²) in [6, 6.07) is 17.1. The number of benzene rings is 2. The summed E-state index contributed by atoms with van der Waals surface area (Å²) in [6.45, 7) is 4.30. The molecule has 0 radical (unpaired) electrons. The normalized spacial score (nSPS) is 13.2. The predicted molar refractivity (Wildman–Crippen MR) is 130 cm³/mol. The Hall–Kier alpha value is -3.78. The van der Waals surface area contributed by atoms with E-state index in [0.29, 0.717) is 24.4 Å². The Labute approximate surface area is 196 Å². The van der Waals surface area contributed by atoms with E-state index in [0.717, 1.165) is 47.7 Å². The smallest absolute Gasteiger partial charge is 0.271 e. The summed E-state index contributed by atoms with van der Waals surface area (Å²) >= 11 is 0. The lowest BCUT2D eigenvalue weighted by Crippen LogP contribution is -2.34. The van der Waals surface area contributed by atoms with E-state index in [1.165, 1.54) is 22.9 Å². The third-order valence-corrected chi connectivity index (χ3v) is 6.13. The number of rotatable bonds is 6. The Balaban J connectivity index is 1.74. The molecule has 2 aromatic heterocycles. The number of aryl methyl sites for hydroxylation is 2. The molecule has 0 unspecified atom stereocenters. The highest BCUT2D eigenvalue weighted by Crippen LogP contribution is 2.40. The van der Waals surface area contributed by atoms with Gasteiger partial charge in [-0.2, -0.15) is 14.9 Å². The number of fused-ring (bicyclic) bond motifs is 1. The highest BCUT2D eigenvalue weighted by Gasteiger charge is 2.28. The fourth-order valence-corrected chi connectivity index (χ4v) is 4.49. The van der Waals surface area contributed by atoms with Crippen LogP contribution >= 0.6 is 0 Å². The molecule has 0 spiro atoms. The van der Waals surface area contributed by atoms with E-state index in [-0.39, 0.29) is 18.0 Å². The third kappa shape index (κ3) is 4.01. The molecule has 34 heavy (non-hydrogen) atoms. The number of hydrogen-bond donors (Lipinski definition) is 1. The van der Waals surface area contributed by atoms with Crippen molar-refractivity contribution in [2.24, 2.45) is 0 Å². The Kier molecular flexibility index (Phi) is 5.98. The number of aliphatic hydroxyl groups is 1. The van der Waals surface area contributed by atoms with Gasteiger partial charge in [0.2, 0.25) is 0 Å². The molecule has 0 saturated heterocycles. The minimum atomic E-state index is -0.315. The Bertz CT molecular complexity index is 1380. The van der Waals surface area contributed by atoms with Crippen LogP contribution in [-0.4, -0.2) is 44.4 Å². The van der Waals surface area contributed by atoms with Crippen LogP contribution in [0.3, 0.4) is 0 Å². The Morgan fingerprint density at radius 1 is 1.00 bits per heavy atom. The summed E-state index contributed by atoms with van der Waals surface area (Å²) < 4.78 is 17.0. The molecule has 7 nitrogen and oxygen atoms in total. The van der Waals surface area contributed by atoms with E-state index < -0.39 is 0 Å². The van der Waals surface area contributed by atoms with Crippen LogP contribution in [0.4, 0.5) is 10.2 Å². The van der Waals surface area contributed by atoms with Crippen LogP contribution in [0, 0.1) is 12.7 Å². The molecule has 3 heterocycles. The molecular weight excluding hydrogens is 433 g/mol. The van der Waals surface area contributed by atoms with Gasteiger partial charge >= 0.3 is 0 Å². The molecule has 2 aromatic carbocycles. The fraction of sp³-hybridized carbons (Fsp3) is 0.269. The molecule has 0 atom stereocenters. The fourth-order valence-electron chi connectivity index (χ4n) is 4.49. The van der Waals surface area contributed by atoms with Crippen LogP contribution in [0.25, 0.3) is 28.2 Å². The van der Waals surface area contributed by atoms with Crippen molar-refractivity contribution in [3.8, 4) is 28.2 Å². The quantitative estimate of drug-likeness (QED) is 0.475. The highest BCUT2D eigenvalue weighted by molar-refractivity contribution is 5.88. The number of aromatic nitrogens is 4. The number of anilines is 1. The summed E-state index contributed by atoms with van der Waals surface area (Å²) in [7, 11) is 0. The molecule has 1 aliphatic rings. The molecule has 0 fully saturated rings. The molecule has 0 bridgehead atoms. The van der Waals surface area contributed by atoms with Crippen molar-refractivity contribution in [1.29, 1.82) is 0 Å². The van der Waals surface area contributed by atoms with E-state index in [2.05, 4.69) is 4.90 Å². The Morgan fingerprint density at radius 2 is 1.79 bits per heavy atom. The van der Waals surface area contributed by atoms with Gasteiger partial charge < -0.3 is 10.0 Å². The molecule has 8 heteroatoms. The van der Waals surface area contributed by atoms with Crippen LogP contribution < -0.4 is 10.5 Å². The average molecular weight is 460 g/mol. The van der Waals surface area contributed by atoms with Crippen LogP contribution in [0.1, 0.15) is 18.4 Å². The highest BCUT2D eigenvalue weighted by atomic mass is 19.1. The second-order valence-electron chi connectivity index (χ2n) is 8.45. The van der Waals surface area contributed by atoms with Crippen molar-refractivity contribution in [2.75, 3.05) is 24.6 Å². The summed E-state index contributed by atoms with van der Waals surface area (Å²) in [5.74, 6) is 0.589. The van der Waals surface area contributed by atoms with Crippen LogP contribution in [0.2, 0.25) is 0 Å². The summed E-state index contributed by atoms with van der Waals surface area (Å²) in [4.78, 5) is 15.0. The Morgan fingerprint density at radius 3 is 2.56 bits per heavy atom. The maximum absolute atomic E-state index is 13.7. The van der Waals surface area contributed by atoms with E-state index in [1.54, 1.807) is 18.2 Å². The van der Waals surface area contributed by atoms with Crippen molar-refractivity contribution < 1.29 is 9.50 Å². The minimum absolute atomic E-state index is 0.0984. The molecule has 174 valence electrons. The zero-order chi connectivity index (χ0) is 23.7. The van der Waals surface area contributed by atoms with E-state index in [9.17, 15) is 14.3 Å². The maximum Gasteiger partial charge on any atom is 0.271 e. The lowest BCUT2D eigenvalue weighted by molar-refractivity contribution is 0.288. The minimum Gasteiger partial charge on any atom is -0.396 e.